The molecule has 4 heteroatoms. The summed E-state index contributed by atoms with van der Waals surface area (Å²) in [4.78, 5) is 27.1. The molecular formula is C11H12N2O2. The number of aromatic amines is 1. The van der Waals surface area contributed by atoms with Crippen LogP contribution in [0.4, 0.5) is 0 Å². The average molecular weight is 204 g/mol. The van der Waals surface area contributed by atoms with Crippen LogP contribution in [0.25, 0.3) is 0 Å². The number of hydrogen-bond acceptors (Lipinski definition) is 2. The molecule has 2 rings (SSSR count). The number of amides is 1. The Kier molecular flexibility index (Phi) is 2.67. The van der Waals surface area contributed by atoms with Crippen LogP contribution in [-0.4, -0.2) is 28.9 Å². The maximum atomic E-state index is 11.9. The molecule has 0 saturated carbocycles. The van der Waals surface area contributed by atoms with Gasteiger partial charge in [0.25, 0.3) is 5.91 Å². The van der Waals surface area contributed by atoms with E-state index in [4.69, 9.17) is 0 Å². The zero-order valence-corrected chi connectivity index (χ0v) is 8.27. The number of rotatable bonds is 1. The summed E-state index contributed by atoms with van der Waals surface area (Å²) in [6, 6.07) is 2.96. The molecular weight excluding hydrogens is 192 g/mol. The molecule has 0 saturated heterocycles. The van der Waals surface area contributed by atoms with Gasteiger partial charge in [0.2, 0.25) is 5.56 Å². The lowest BCUT2D eigenvalue weighted by atomic mass is 10.2. The van der Waals surface area contributed by atoms with Gasteiger partial charge in [0.05, 0.1) is 0 Å². The summed E-state index contributed by atoms with van der Waals surface area (Å²) in [6.07, 6.45) is 6.40. The smallest absolute Gasteiger partial charge is 0.254 e. The van der Waals surface area contributed by atoms with Crippen LogP contribution < -0.4 is 5.56 Å². The Hall–Kier alpha value is -1.84. The molecule has 0 spiro atoms. The fraction of sp³-hybridized carbons (Fsp3) is 0.273. The highest BCUT2D eigenvalue weighted by Gasteiger charge is 2.15. The van der Waals surface area contributed by atoms with Crippen molar-refractivity contribution in [1.82, 2.24) is 9.88 Å². The fourth-order valence-electron chi connectivity index (χ4n) is 1.59. The van der Waals surface area contributed by atoms with Crippen LogP contribution in [0.1, 0.15) is 16.8 Å². The first kappa shape index (κ1) is 9.71. The molecule has 1 aromatic heterocycles. The molecule has 0 fully saturated rings. The first-order chi connectivity index (χ1) is 7.27. The molecule has 0 radical (unpaired) electrons. The zero-order valence-electron chi connectivity index (χ0n) is 8.27. The van der Waals surface area contributed by atoms with Crippen molar-refractivity contribution in [2.45, 2.75) is 6.42 Å². The molecule has 1 aromatic rings. The van der Waals surface area contributed by atoms with E-state index in [2.05, 4.69) is 11.1 Å². The van der Waals surface area contributed by atoms with Gasteiger partial charge in [-0.15, -0.1) is 0 Å². The molecule has 0 atom stereocenters. The lowest BCUT2D eigenvalue weighted by Crippen LogP contribution is -2.34. The highest BCUT2D eigenvalue weighted by Crippen LogP contribution is 2.06. The zero-order chi connectivity index (χ0) is 10.7. The van der Waals surface area contributed by atoms with Crippen LogP contribution in [0.5, 0.6) is 0 Å². The van der Waals surface area contributed by atoms with Gasteiger partial charge in [-0.25, -0.2) is 0 Å². The quantitative estimate of drug-likeness (QED) is 0.687. The van der Waals surface area contributed by atoms with Crippen molar-refractivity contribution in [1.29, 1.82) is 0 Å². The summed E-state index contributed by atoms with van der Waals surface area (Å²) in [7, 11) is 0. The van der Waals surface area contributed by atoms with Crippen LogP contribution in [0.2, 0.25) is 0 Å². The van der Waals surface area contributed by atoms with Crippen LogP contribution >= 0.6 is 0 Å². The van der Waals surface area contributed by atoms with E-state index in [1.165, 1.54) is 12.3 Å². The Balaban J connectivity index is 2.20. The largest absolute Gasteiger partial charge is 0.335 e. The second-order valence-electron chi connectivity index (χ2n) is 3.45. The second kappa shape index (κ2) is 4.13. The molecule has 78 valence electrons. The number of carbonyl (C=O) groups is 1. The van der Waals surface area contributed by atoms with Gasteiger partial charge >= 0.3 is 0 Å². The number of carbonyl (C=O) groups excluding carboxylic acids is 1. The molecule has 1 aliphatic rings. The van der Waals surface area contributed by atoms with Crippen molar-refractivity contribution < 1.29 is 4.79 Å². The SMILES string of the molecule is O=C(c1cc[nH]c(=O)c1)N1CC=CCC1. The molecule has 4 nitrogen and oxygen atoms in total. The van der Waals surface area contributed by atoms with Crippen molar-refractivity contribution in [3.8, 4) is 0 Å². The van der Waals surface area contributed by atoms with Crippen molar-refractivity contribution in [2.24, 2.45) is 0 Å². The first-order valence-corrected chi connectivity index (χ1v) is 4.90. The van der Waals surface area contributed by atoms with Crippen LogP contribution in [-0.2, 0) is 0 Å². The third-order valence-electron chi connectivity index (χ3n) is 2.37. The third-order valence-corrected chi connectivity index (χ3v) is 2.37. The minimum absolute atomic E-state index is 0.0783. The minimum Gasteiger partial charge on any atom is -0.335 e. The highest BCUT2D eigenvalue weighted by atomic mass is 16.2. The van der Waals surface area contributed by atoms with Gasteiger partial charge in [0, 0.05) is 30.9 Å². The highest BCUT2D eigenvalue weighted by molar-refractivity contribution is 5.94. The van der Waals surface area contributed by atoms with E-state index in [-0.39, 0.29) is 11.5 Å². The Bertz CT molecular complexity index is 448. The molecule has 15 heavy (non-hydrogen) atoms. The maximum Gasteiger partial charge on any atom is 0.254 e. The van der Waals surface area contributed by atoms with Gasteiger partial charge in [0.1, 0.15) is 0 Å². The van der Waals surface area contributed by atoms with Crippen molar-refractivity contribution in [3.05, 3.63) is 46.4 Å². The van der Waals surface area contributed by atoms with Crippen LogP contribution in [0.3, 0.4) is 0 Å². The van der Waals surface area contributed by atoms with Crippen molar-refractivity contribution >= 4 is 5.91 Å². The summed E-state index contributed by atoms with van der Waals surface area (Å²) in [5.74, 6) is -0.0783. The predicted octanol–water partition coefficient (Wildman–Crippen LogP) is 0.777. The van der Waals surface area contributed by atoms with Crippen LogP contribution in [0.15, 0.2) is 35.3 Å². The predicted molar refractivity (Wildman–Crippen MR) is 56.7 cm³/mol. The number of H-pyrrole nitrogens is 1. The summed E-state index contributed by atoms with van der Waals surface area (Å²) in [5, 5.41) is 0. The number of nitrogens with zero attached hydrogens (tertiary/aromatic N) is 1. The second-order valence-corrected chi connectivity index (χ2v) is 3.45. The van der Waals surface area contributed by atoms with Gasteiger partial charge in [-0.2, -0.15) is 0 Å². The number of hydrogen-bond donors (Lipinski definition) is 1. The molecule has 1 N–H and O–H groups in total. The Labute approximate surface area is 87.2 Å². The Morgan fingerprint density at radius 2 is 2.27 bits per heavy atom. The Morgan fingerprint density at radius 3 is 2.93 bits per heavy atom. The summed E-state index contributed by atoms with van der Waals surface area (Å²) < 4.78 is 0. The minimum atomic E-state index is -0.242. The monoisotopic (exact) mass is 204 g/mol. The summed E-state index contributed by atoms with van der Waals surface area (Å²) in [5.41, 5.74) is 0.211. The topological polar surface area (TPSA) is 53.2 Å². The van der Waals surface area contributed by atoms with Gasteiger partial charge in [0.15, 0.2) is 0 Å². The number of aromatic nitrogens is 1. The molecule has 1 aliphatic heterocycles. The van der Waals surface area contributed by atoms with Gasteiger partial charge in [-0.3, -0.25) is 9.59 Å². The average Bonchev–Trinajstić information content (AvgIpc) is 2.29. The van der Waals surface area contributed by atoms with E-state index in [1.54, 1.807) is 11.0 Å². The molecule has 0 bridgehead atoms. The third kappa shape index (κ3) is 2.15. The standard InChI is InChI=1S/C11H12N2O2/c14-10-8-9(4-5-12-10)11(15)13-6-2-1-3-7-13/h1-2,4-5,8H,3,6-7H2,(H,12,14). The van der Waals surface area contributed by atoms with E-state index in [1.807, 2.05) is 6.08 Å². The van der Waals surface area contributed by atoms with Gasteiger partial charge in [-0.05, 0) is 12.5 Å². The molecule has 1 amide bonds. The molecule has 0 unspecified atom stereocenters. The number of nitrogens with one attached hydrogen (secondary N) is 1. The summed E-state index contributed by atoms with van der Waals surface area (Å²) in [6.45, 7) is 1.35. The van der Waals surface area contributed by atoms with E-state index >= 15 is 0 Å². The van der Waals surface area contributed by atoms with Crippen molar-refractivity contribution in [2.75, 3.05) is 13.1 Å². The molecule has 0 aliphatic carbocycles. The lowest BCUT2D eigenvalue weighted by molar-refractivity contribution is 0.0771. The molecule has 2 heterocycles. The Morgan fingerprint density at radius 1 is 1.40 bits per heavy atom. The molecule has 0 aromatic carbocycles. The number of pyridine rings is 1. The van der Waals surface area contributed by atoms with E-state index in [9.17, 15) is 9.59 Å². The lowest BCUT2D eigenvalue weighted by Gasteiger charge is -2.23. The van der Waals surface area contributed by atoms with Crippen LogP contribution in [0, 0.1) is 0 Å². The van der Waals surface area contributed by atoms with E-state index in [0.29, 0.717) is 12.1 Å². The van der Waals surface area contributed by atoms with Gasteiger partial charge < -0.3 is 9.88 Å². The first-order valence-electron chi connectivity index (χ1n) is 4.90. The summed E-state index contributed by atoms with van der Waals surface area (Å²) >= 11 is 0. The van der Waals surface area contributed by atoms with Gasteiger partial charge in [-0.1, -0.05) is 12.2 Å². The van der Waals surface area contributed by atoms with Crippen molar-refractivity contribution in [3.63, 3.8) is 0 Å². The van der Waals surface area contributed by atoms with E-state index in [0.717, 1.165) is 13.0 Å². The normalized spacial score (nSPS) is 15.3. The fourth-order valence-corrected chi connectivity index (χ4v) is 1.59. The van der Waals surface area contributed by atoms with E-state index < -0.39 is 0 Å². The maximum absolute atomic E-state index is 11.9.